The maximum absolute atomic E-state index is 11.3. The zero-order valence-corrected chi connectivity index (χ0v) is 8.06. The third kappa shape index (κ3) is 4.29. The van der Waals surface area contributed by atoms with Crippen LogP contribution in [0.1, 0.15) is 0 Å². The molecule has 0 fully saturated rings. The van der Waals surface area contributed by atoms with Crippen molar-refractivity contribution < 1.29 is 19.5 Å². The lowest BCUT2D eigenvalue weighted by molar-refractivity contribution is -0.137. The van der Waals surface area contributed by atoms with Gasteiger partial charge in [0.2, 0.25) is 5.91 Å². The summed E-state index contributed by atoms with van der Waals surface area (Å²) in [5, 5.41) is 8.46. The van der Waals surface area contributed by atoms with E-state index in [0.717, 1.165) is 4.90 Å². The molecule has 0 aliphatic heterocycles. The number of hydrogen-bond donors (Lipinski definition) is 2. The number of carbonyl (C=O) groups is 3. The van der Waals surface area contributed by atoms with Crippen LogP contribution < -0.4 is 5.73 Å². The first-order valence-corrected chi connectivity index (χ1v) is 3.81. The van der Waals surface area contributed by atoms with Gasteiger partial charge in [0.05, 0.1) is 0 Å². The Bertz CT molecular complexity index is 235. The predicted octanol–water partition coefficient (Wildman–Crippen LogP) is -1.46. The molecule has 0 atom stereocenters. The number of hydrogen-bond acceptors (Lipinski definition) is 3. The number of carboxylic acids is 1. The van der Waals surface area contributed by atoms with Crippen LogP contribution in [0.5, 0.6) is 0 Å². The molecule has 0 spiro atoms. The minimum atomic E-state index is -1.19. The average molecular weight is 203 g/mol. The van der Waals surface area contributed by atoms with E-state index in [1.165, 1.54) is 19.0 Å². The van der Waals surface area contributed by atoms with E-state index in [1.807, 2.05) is 0 Å². The lowest BCUT2D eigenvalue weighted by Crippen LogP contribution is -2.46. The van der Waals surface area contributed by atoms with Gasteiger partial charge in [-0.05, 0) is 0 Å². The largest absolute Gasteiger partial charge is 0.480 e. The zero-order valence-electron chi connectivity index (χ0n) is 8.06. The number of urea groups is 1. The van der Waals surface area contributed by atoms with Gasteiger partial charge in [0.25, 0.3) is 0 Å². The van der Waals surface area contributed by atoms with E-state index in [-0.39, 0.29) is 0 Å². The number of aliphatic carboxylic acids is 1. The average Bonchev–Trinajstić information content (AvgIpc) is 1.99. The lowest BCUT2D eigenvalue weighted by atomic mass is 10.4. The van der Waals surface area contributed by atoms with E-state index >= 15 is 0 Å². The third-order valence-electron chi connectivity index (χ3n) is 1.33. The Hall–Kier alpha value is -1.79. The first kappa shape index (κ1) is 12.2. The van der Waals surface area contributed by atoms with Crippen molar-refractivity contribution in [3.63, 3.8) is 0 Å². The maximum Gasteiger partial charge on any atom is 0.323 e. The lowest BCUT2D eigenvalue weighted by Gasteiger charge is -2.22. The third-order valence-corrected chi connectivity index (χ3v) is 1.33. The maximum atomic E-state index is 11.3. The summed E-state index contributed by atoms with van der Waals surface area (Å²) in [5.74, 6) is -1.94. The summed E-state index contributed by atoms with van der Waals surface area (Å²) < 4.78 is 0. The highest BCUT2D eigenvalue weighted by Gasteiger charge is 2.19. The highest BCUT2D eigenvalue weighted by molar-refractivity contribution is 5.85. The summed E-state index contributed by atoms with van der Waals surface area (Å²) in [6.07, 6.45) is 0. The molecule has 0 bridgehead atoms. The van der Waals surface area contributed by atoms with Gasteiger partial charge >= 0.3 is 12.0 Å². The van der Waals surface area contributed by atoms with Gasteiger partial charge in [0, 0.05) is 14.1 Å². The molecule has 0 aromatic heterocycles. The zero-order chi connectivity index (χ0) is 11.3. The number of carboxylic acid groups (broad SMARTS) is 1. The quantitative estimate of drug-likeness (QED) is 0.582. The molecular formula is C7H13N3O4. The van der Waals surface area contributed by atoms with E-state index in [0.29, 0.717) is 0 Å². The van der Waals surface area contributed by atoms with E-state index in [1.54, 1.807) is 0 Å². The number of primary amides is 1. The van der Waals surface area contributed by atoms with Crippen LogP contribution in [-0.2, 0) is 9.59 Å². The molecule has 0 rings (SSSR count). The van der Waals surface area contributed by atoms with Gasteiger partial charge in [-0.2, -0.15) is 0 Å². The van der Waals surface area contributed by atoms with Crippen LogP contribution in [0.4, 0.5) is 4.79 Å². The molecule has 3 N–H and O–H groups in total. The molecule has 0 heterocycles. The molecule has 0 aliphatic carbocycles. The van der Waals surface area contributed by atoms with Gasteiger partial charge in [-0.25, -0.2) is 4.79 Å². The molecule has 3 amide bonds. The second-order valence-electron chi connectivity index (χ2n) is 2.89. The van der Waals surface area contributed by atoms with Gasteiger partial charge in [-0.1, -0.05) is 0 Å². The van der Waals surface area contributed by atoms with Gasteiger partial charge < -0.3 is 20.6 Å². The highest BCUT2D eigenvalue weighted by atomic mass is 16.4. The second kappa shape index (κ2) is 5.05. The van der Waals surface area contributed by atoms with Gasteiger partial charge in [-0.3, -0.25) is 9.59 Å². The van der Waals surface area contributed by atoms with E-state index in [4.69, 9.17) is 10.8 Å². The summed E-state index contributed by atoms with van der Waals surface area (Å²) >= 11 is 0. The number of rotatable bonds is 4. The Morgan fingerprint density at radius 2 is 1.71 bits per heavy atom. The van der Waals surface area contributed by atoms with Crippen molar-refractivity contribution in [2.45, 2.75) is 0 Å². The smallest absolute Gasteiger partial charge is 0.323 e. The van der Waals surface area contributed by atoms with Crippen LogP contribution >= 0.6 is 0 Å². The Kier molecular flexibility index (Phi) is 4.41. The van der Waals surface area contributed by atoms with Gasteiger partial charge in [0.15, 0.2) is 0 Å². The molecule has 0 aromatic carbocycles. The fourth-order valence-electron chi connectivity index (χ4n) is 0.825. The van der Waals surface area contributed by atoms with Crippen LogP contribution in [0, 0.1) is 0 Å². The van der Waals surface area contributed by atoms with E-state index < -0.39 is 31.0 Å². The summed E-state index contributed by atoms with van der Waals surface area (Å²) in [7, 11) is 2.91. The SMILES string of the molecule is CN(C)C(=O)N(CC(N)=O)CC(=O)O. The van der Waals surface area contributed by atoms with Crippen LogP contribution in [0.3, 0.4) is 0 Å². The summed E-state index contributed by atoms with van der Waals surface area (Å²) in [6, 6.07) is -0.564. The molecule has 80 valence electrons. The molecule has 14 heavy (non-hydrogen) atoms. The summed E-state index contributed by atoms with van der Waals surface area (Å²) in [4.78, 5) is 34.2. The van der Waals surface area contributed by atoms with Crippen molar-refractivity contribution in [3.8, 4) is 0 Å². The molecule has 0 unspecified atom stereocenters. The molecule has 7 heteroatoms. The molecular weight excluding hydrogens is 190 g/mol. The number of carbonyl (C=O) groups excluding carboxylic acids is 2. The molecule has 0 radical (unpaired) electrons. The minimum absolute atomic E-state index is 0.399. The van der Waals surface area contributed by atoms with Gasteiger partial charge in [0.1, 0.15) is 13.1 Å². The van der Waals surface area contributed by atoms with Gasteiger partial charge in [-0.15, -0.1) is 0 Å². The van der Waals surface area contributed by atoms with Crippen molar-refractivity contribution in [1.82, 2.24) is 9.80 Å². The molecule has 0 saturated carbocycles. The number of amides is 3. The highest BCUT2D eigenvalue weighted by Crippen LogP contribution is 1.94. The van der Waals surface area contributed by atoms with Crippen molar-refractivity contribution in [2.24, 2.45) is 5.73 Å². The first-order chi connectivity index (χ1) is 6.34. The molecule has 7 nitrogen and oxygen atoms in total. The van der Waals surface area contributed by atoms with Crippen molar-refractivity contribution in [1.29, 1.82) is 0 Å². The van der Waals surface area contributed by atoms with E-state index in [9.17, 15) is 14.4 Å². The summed E-state index contributed by atoms with van der Waals surface area (Å²) in [6.45, 7) is -0.941. The Morgan fingerprint density at radius 3 is 2.00 bits per heavy atom. The fraction of sp³-hybridized carbons (Fsp3) is 0.571. The number of nitrogens with two attached hydrogens (primary N) is 1. The van der Waals surface area contributed by atoms with Crippen molar-refractivity contribution >= 4 is 17.9 Å². The Morgan fingerprint density at radius 1 is 1.21 bits per heavy atom. The second-order valence-corrected chi connectivity index (χ2v) is 2.89. The monoisotopic (exact) mass is 203 g/mol. The number of nitrogens with zero attached hydrogens (tertiary/aromatic N) is 2. The topological polar surface area (TPSA) is 104 Å². The molecule has 0 aliphatic rings. The first-order valence-electron chi connectivity index (χ1n) is 3.81. The predicted molar refractivity (Wildman–Crippen MR) is 47.5 cm³/mol. The minimum Gasteiger partial charge on any atom is -0.480 e. The molecule has 0 saturated heterocycles. The fourth-order valence-corrected chi connectivity index (χ4v) is 0.825. The van der Waals surface area contributed by atoms with Crippen LogP contribution in [0.25, 0.3) is 0 Å². The van der Waals surface area contributed by atoms with Crippen LogP contribution in [-0.4, -0.2) is 60.0 Å². The van der Waals surface area contributed by atoms with Crippen molar-refractivity contribution in [2.75, 3.05) is 27.2 Å². The Balaban J connectivity index is 4.46. The van der Waals surface area contributed by atoms with Crippen LogP contribution in [0.15, 0.2) is 0 Å². The van der Waals surface area contributed by atoms with Crippen molar-refractivity contribution in [3.05, 3.63) is 0 Å². The standard InChI is InChI=1S/C7H13N3O4/c1-9(2)7(14)10(3-5(8)11)4-6(12)13/h3-4H2,1-2H3,(H2,8,11)(H,12,13). The Labute approximate surface area is 81.1 Å². The normalized spacial score (nSPS) is 9.29. The van der Waals surface area contributed by atoms with Crippen LogP contribution in [0.2, 0.25) is 0 Å². The summed E-state index contributed by atoms with van der Waals surface area (Å²) in [5.41, 5.74) is 4.86. The molecule has 0 aromatic rings. The van der Waals surface area contributed by atoms with E-state index in [2.05, 4.69) is 0 Å².